The summed E-state index contributed by atoms with van der Waals surface area (Å²) in [4.78, 5) is 21.9. The van der Waals surface area contributed by atoms with Gasteiger partial charge in [0.15, 0.2) is 0 Å². The van der Waals surface area contributed by atoms with E-state index in [4.69, 9.17) is 10.5 Å². The lowest BCUT2D eigenvalue weighted by molar-refractivity contribution is -0.126. The van der Waals surface area contributed by atoms with Crippen LogP contribution in [0.5, 0.6) is 0 Å². The highest BCUT2D eigenvalue weighted by Crippen LogP contribution is 2.60. The number of nitrogen functional groups attached to an aromatic ring is 1. The lowest BCUT2D eigenvalue weighted by Crippen LogP contribution is -2.68. The van der Waals surface area contributed by atoms with Gasteiger partial charge in [0.2, 0.25) is 0 Å². The van der Waals surface area contributed by atoms with Crippen molar-refractivity contribution in [3.63, 3.8) is 0 Å². The fourth-order valence-electron chi connectivity index (χ4n) is 6.09. The van der Waals surface area contributed by atoms with Gasteiger partial charge in [0, 0.05) is 36.1 Å². The van der Waals surface area contributed by atoms with Gasteiger partial charge in [-0.15, -0.1) is 0 Å². The number of nitrogens with two attached hydrogens (primary N) is 1. The first-order valence-electron chi connectivity index (χ1n) is 10.2. The number of carbonyl (C=O) groups excluding carboxylic acids is 1. The third-order valence-electron chi connectivity index (χ3n) is 7.37. The summed E-state index contributed by atoms with van der Waals surface area (Å²) in [5, 5.41) is 3.29. The van der Waals surface area contributed by atoms with Crippen molar-refractivity contribution in [3.05, 3.63) is 17.6 Å². The van der Waals surface area contributed by atoms with Gasteiger partial charge in [-0.1, -0.05) is 25.7 Å². The maximum atomic E-state index is 12.9. The Labute approximate surface area is 154 Å². The van der Waals surface area contributed by atoms with Crippen molar-refractivity contribution in [2.45, 2.75) is 75.9 Å². The molecule has 1 spiro atoms. The second-order valence-corrected chi connectivity index (χ2v) is 8.64. The summed E-state index contributed by atoms with van der Waals surface area (Å²) in [5.74, 6) is 1.85. The molecule has 1 aromatic rings. The molecule has 1 aromatic heterocycles. The highest BCUT2D eigenvalue weighted by molar-refractivity contribution is 5.98. The van der Waals surface area contributed by atoms with Crippen LogP contribution >= 0.6 is 0 Å². The first-order chi connectivity index (χ1) is 12.7. The van der Waals surface area contributed by atoms with E-state index >= 15 is 0 Å². The number of nitrogens with zero attached hydrogens (tertiary/aromatic N) is 2. The molecule has 0 aromatic carbocycles. The number of amides is 1. The Bertz CT molecular complexity index is 710. The van der Waals surface area contributed by atoms with Crippen LogP contribution in [0.4, 0.5) is 5.82 Å². The van der Waals surface area contributed by atoms with Crippen LogP contribution in [-0.4, -0.2) is 34.6 Å². The number of nitrogens with one attached hydrogen (secondary N) is 1. The summed E-state index contributed by atoms with van der Waals surface area (Å²) < 4.78 is 6.00. The molecule has 5 rings (SSSR count). The number of carbonyl (C=O) groups is 1. The zero-order valence-corrected chi connectivity index (χ0v) is 15.2. The molecule has 6 nitrogen and oxygen atoms in total. The number of ether oxygens (including phenoxy) is 1. The summed E-state index contributed by atoms with van der Waals surface area (Å²) in [7, 11) is 0. The van der Waals surface area contributed by atoms with Gasteiger partial charge < -0.3 is 15.8 Å². The van der Waals surface area contributed by atoms with E-state index in [1.165, 1.54) is 25.7 Å². The molecule has 4 aliphatic rings. The normalized spacial score (nSPS) is 32.5. The Morgan fingerprint density at radius 1 is 1.19 bits per heavy atom. The van der Waals surface area contributed by atoms with E-state index in [9.17, 15) is 4.79 Å². The Morgan fingerprint density at radius 2 is 1.96 bits per heavy atom. The lowest BCUT2D eigenvalue weighted by Gasteiger charge is -2.56. The molecule has 6 heteroatoms. The van der Waals surface area contributed by atoms with Crippen LogP contribution in [0.3, 0.4) is 0 Å². The lowest BCUT2D eigenvalue weighted by atomic mass is 9.54. The molecule has 3 N–H and O–H groups in total. The van der Waals surface area contributed by atoms with Gasteiger partial charge in [-0.25, -0.2) is 9.97 Å². The summed E-state index contributed by atoms with van der Waals surface area (Å²) in [5.41, 5.74) is 6.71. The highest BCUT2D eigenvalue weighted by Gasteiger charge is 2.65. The van der Waals surface area contributed by atoms with Crippen LogP contribution in [-0.2, 0) is 4.74 Å². The summed E-state index contributed by atoms with van der Waals surface area (Å²) in [6.07, 6.45) is 12.5. The molecule has 140 valence electrons. The zero-order valence-electron chi connectivity index (χ0n) is 15.2. The second-order valence-electron chi connectivity index (χ2n) is 8.64. The molecular formula is C20H28N4O2. The van der Waals surface area contributed by atoms with Gasteiger partial charge in [0.05, 0.1) is 11.7 Å². The molecule has 1 saturated heterocycles. The van der Waals surface area contributed by atoms with Crippen LogP contribution in [0.25, 0.3) is 0 Å². The molecule has 4 fully saturated rings. The fraction of sp³-hybridized carbons (Fsp3) is 0.750. The smallest absolute Gasteiger partial charge is 0.256 e. The minimum absolute atomic E-state index is 0.123. The predicted molar refractivity (Wildman–Crippen MR) is 97.7 cm³/mol. The molecule has 3 saturated carbocycles. The summed E-state index contributed by atoms with van der Waals surface area (Å²) in [6, 6.07) is 0.207. The molecule has 0 radical (unpaired) electrons. The standard InChI is InChI=1S/C20H28N4O2/c21-17-14(11-22-18(24-17)12-5-1-2-6-12)19(25)23-15-13-7-10-26-16(13)20(15)8-3-4-9-20/h11-13,15-16H,1-10H2,(H,23,25)(H2,21,22,24). The topological polar surface area (TPSA) is 90.1 Å². The molecule has 3 aliphatic carbocycles. The minimum Gasteiger partial charge on any atom is -0.383 e. The van der Waals surface area contributed by atoms with Gasteiger partial charge in [0.25, 0.3) is 5.91 Å². The summed E-state index contributed by atoms with van der Waals surface area (Å²) in [6.45, 7) is 0.824. The molecule has 26 heavy (non-hydrogen) atoms. The summed E-state index contributed by atoms with van der Waals surface area (Å²) >= 11 is 0. The second kappa shape index (κ2) is 6.19. The predicted octanol–water partition coefficient (Wildman–Crippen LogP) is 2.79. The Kier molecular flexibility index (Phi) is 3.92. The van der Waals surface area contributed by atoms with E-state index in [1.54, 1.807) is 6.20 Å². The van der Waals surface area contributed by atoms with Gasteiger partial charge in [-0.2, -0.15) is 0 Å². The van der Waals surface area contributed by atoms with E-state index in [0.717, 1.165) is 44.5 Å². The maximum absolute atomic E-state index is 12.9. The van der Waals surface area contributed by atoms with Crippen LogP contribution in [0.2, 0.25) is 0 Å². The highest BCUT2D eigenvalue weighted by atomic mass is 16.5. The van der Waals surface area contributed by atoms with Gasteiger partial charge in [-0.05, 0) is 32.1 Å². The number of anilines is 1. The average molecular weight is 356 g/mol. The zero-order chi connectivity index (χ0) is 17.7. The third-order valence-corrected chi connectivity index (χ3v) is 7.37. The molecule has 3 atom stereocenters. The van der Waals surface area contributed by atoms with E-state index in [0.29, 0.717) is 29.3 Å². The molecule has 1 aliphatic heterocycles. The number of fused-ring (bicyclic) bond motifs is 2. The number of hydrogen-bond acceptors (Lipinski definition) is 5. The molecule has 3 unspecified atom stereocenters. The quantitative estimate of drug-likeness (QED) is 0.869. The molecule has 0 bridgehead atoms. The monoisotopic (exact) mass is 356 g/mol. The largest absolute Gasteiger partial charge is 0.383 e. The van der Waals surface area contributed by atoms with Gasteiger partial charge >= 0.3 is 0 Å². The van der Waals surface area contributed by atoms with E-state index < -0.39 is 0 Å². The van der Waals surface area contributed by atoms with Crippen molar-refractivity contribution in [3.8, 4) is 0 Å². The van der Waals surface area contributed by atoms with Crippen molar-refractivity contribution < 1.29 is 9.53 Å². The number of aromatic nitrogens is 2. The van der Waals surface area contributed by atoms with Crippen LogP contribution in [0.1, 0.15) is 79.9 Å². The molecule has 1 amide bonds. The SMILES string of the molecule is Nc1nc(C2CCCC2)ncc1C(=O)NC1C2CCOC2C12CCCC2. The van der Waals surface area contributed by atoms with Crippen molar-refractivity contribution in [1.29, 1.82) is 0 Å². The number of hydrogen-bond donors (Lipinski definition) is 2. The van der Waals surface area contributed by atoms with Crippen molar-refractivity contribution in [2.75, 3.05) is 12.3 Å². The van der Waals surface area contributed by atoms with E-state index in [1.807, 2.05) is 0 Å². The van der Waals surface area contributed by atoms with E-state index in [2.05, 4.69) is 15.3 Å². The van der Waals surface area contributed by atoms with E-state index in [-0.39, 0.29) is 17.4 Å². The minimum atomic E-state index is -0.123. The van der Waals surface area contributed by atoms with Crippen LogP contribution < -0.4 is 11.1 Å². The van der Waals surface area contributed by atoms with Crippen molar-refractivity contribution >= 4 is 11.7 Å². The Hall–Kier alpha value is -1.69. The number of rotatable bonds is 3. The van der Waals surface area contributed by atoms with Crippen molar-refractivity contribution in [2.24, 2.45) is 11.3 Å². The van der Waals surface area contributed by atoms with Crippen LogP contribution in [0, 0.1) is 11.3 Å². The molecular weight excluding hydrogens is 328 g/mol. The average Bonchev–Trinajstić information content (AvgIpc) is 3.40. The van der Waals surface area contributed by atoms with Gasteiger partial charge in [-0.3, -0.25) is 4.79 Å². The molecule has 2 heterocycles. The Morgan fingerprint density at radius 3 is 2.69 bits per heavy atom. The van der Waals surface area contributed by atoms with Crippen molar-refractivity contribution in [1.82, 2.24) is 15.3 Å². The maximum Gasteiger partial charge on any atom is 0.256 e. The fourth-order valence-corrected chi connectivity index (χ4v) is 6.09. The first kappa shape index (κ1) is 16.5. The van der Waals surface area contributed by atoms with Gasteiger partial charge in [0.1, 0.15) is 11.6 Å². The Balaban J connectivity index is 1.34. The first-order valence-corrected chi connectivity index (χ1v) is 10.2. The third kappa shape index (κ3) is 2.38. The van der Waals surface area contributed by atoms with Crippen LogP contribution in [0.15, 0.2) is 6.20 Å².